The highest BCUT2D eigenvalue weighted by Crippen LogP contribution is 2.64. The molecule has 0 saturated heterocycles. The molecule has 0 aromatic rings. The molecular formula is C22H37NO. The molecule has 4 aliphatic rings. The van der Waals surface area contributed by atoms with Crippen LogP contribution in [0.3, 0.4) is 0 Å². The minimum Gasteiger partial charge on any atom is -0.390 e. The van der Waals surface area contributed by atoms with Crippen LogP contribution >= 0.6 is 0 Å². The summed E-state index contributed by atoms with van der Waals surface area (Å²) in [6.07, 6.45) is 11.5. The zero-order valence-corrected chi connectivity index (χ0v) is 16.2. The van der Waals surface area contributed by atoms with E-state index >= 15 is 0 Å². The third-order valence-corrected chi connectivity index (χ3v) is 8.91. The van der Waals surface area contributed by atoms with E-state index in [4.69, 9.17) is 4.99 Å². The second kappa shape index (κ2) is 5.83. The Labute approximate surface area is 148 Å². The molecule has 0 unspecified atom stereocenters. The lowest BCUT2D eigenvalue weighted by Gasteiger charge is -2.57. The number of hydrogen-bond acceptors (Lipinski definition) is 2. The monoisotopic (exact) mass is 331 g/mol. The van der Waals surface area contributed by atoms with Crippen molar-refractivity contribution in [3.05, 3.63) is 0 Å². The van der Waals surface area contributed by atoms with Gasteiger partial charge in [0.25, 0.3) is 0 Å². The highest BCUT2D eigenvalue weighted by molar-refractivity contribution is 5.92. The van der Waals surface area contributed by atoms with E-state index < -0.39 is 5.60 Å². The third kappa shape index (κ3) is 2.42. The van der Waals surface area contributed by atoms with Gasteiger partial charge in [0.15, 0.2) is 0 Å². The number of hydrogen-bond donors (Lipinski definition) is 1. The Kier molecular flexibility index (Phi) is 4.14. The molecule has 4 saturated carbocycles. The molecule has 0 aliphatic heterocycles. The normalized spacial score (nSPS) is 55.8. The van der Waals surface area contributed by atoms with Gasteiger partial charge in [0.1, 0.15) is 0 Å². The molecule has 0 heterocycles. The van der Waals surface area contributed by atoms with Crippen molar-refractivity contribution < 1.29 is 5.11 Å². The van der Waals surface area contributed by atoms with Crippen LogP contribution in [0.1, 0.15) is 78.6 Å². The molecule has 0 amide bonds. The highest BCUT2D eigenvalue weighted by Gasteiger charge is 2.59. The Hall–Kier alpha value is -0.370. The maximum atomic E-state index is 10.5. The van der Waals surface area contributed by atoms with Crippen LogP contribution in [0.5, 0.6) is 0 Å². The summed E-state index contributed by atoms with van der Waals surface area (Å²) in [5.74, 6) is 5.29. The molecule has 4 rings (SSSR count). The van der Waals surface area contributed by atoms with E-state index in [1.807, 2.05) is 7.05 Å². The molecule has 4 aliphatic carbocycles. The second-order valence-corrected chi connectivity index (χ2v) is 10.1. The lowest BCUT2D eigenvalue weighted by atomic mass is 9.49. The number of rotatable bonds is 1. The van der Waals surface area contributed by atoms with Gasteiger partial charge in [-0.1, -0.05) is 20.3 Å². The molecule has 0 radical (unpaired) electrons. The second-order valence-electron chi connectivity index (χ2n) is 10.1. The van der Waals surface area contributed by atoms with Crippen molar-refractivity contribution in [3.63, 3.8) is 0 Å². The molecule has 0 bridgehead atoms. The van der Waals surface area contributed by atoms with Gasteiger partial charge in [0, 0.05) is 18.2 Å². The summed E-state index contributed by atoms with van der Waals surface area (Å²) in [7, 11) is 2.03. The number of aliphatic hydroxyl groups is 1. The zero-order chi connectivity index (χ0) is 17.1. The van der Waals surface area contributed by atoms with Gasteiger partial charge in [-0.2, -0.15) is 0 Å². The van der Waals surface area contributed by atoms with Crippen molar-refractivity contribution in [2.24, 2.45) is 45.9 Å². The fourth-order valence-corrected chi connectivity index (χ4v) is 7.89. The lowest BCUT2D eigenvalue weighted by molar-refractivity contribution is -0.0944. The molecule has 4 fully saturated rings. The highest BCUT2D eigenvalue weighted by atomic mass is 16.3. The van der Waals surface area contributed by atoms with E-state index in [1.165, 1.54) is 50.7 Å². The van der Waals surface area contributed by atoms with Gasteiger partial charge in [0.05, 0.1) is 5.60 Å². The Balaban J connectivity index is 1.61. The average Bonchev–Trinajstić information content (AvgIpc) is 2.85. The van der Waals surface area contributed by atoms with Crippen LogP contribution in [0.25, 0.3) is 0 Å². The van der Waals surface area contributed by atoms with Gasteiger partial charge in [-0.05, 0) is 93.8 Å². The average molecular weight is 332 g/mol. The predicted molar refractivity (Wildman–Crippen MR) is 100 cm³/mol. The molecule has 1 N–H and O–H groups in total. The van der Waals surface area contributed by atoms with Gasteiger partial charge in [-0.15, -0.1) is 0 Å². The summed E-state index contributed by atoms with van der Waals surface area (Å²) in [4.78, 5) is 4.76. The van der Waals surface area contributed by atoms with Crippen molar-refractivity contribution >= 4 is 5.71 Å². The Bertz CT molecular complexity index is 524. The molecule has 2 nitrogen and oxygen atoms in total. The lowest BCUT2D eigenvalue weighted by Crippen LogP contribution is -2.51. The summed E-state index contributed by atoms with van der Waals surface area (Å²) in [6, 6.07) is 0. The molecule has 8 atom stereocenters. The molecule has 2 heteroatoms. The van der Waals surface area contributed by atoms with Crippen molar-refractivity contribution in [3.8, 4) is 0 Å². The van der Waals surface area contributed by atoms with Gasteiger partial charge < -0.3 is 5.11 Å². The van der Waals surface area contributed by atoms with Crippen molar-refractivity contribution in [2.45, 2.75) is 84.2 Å². The molecule has 136 valence electrons. The quantitative estimate of drug-likeness (QED) is 0.712. The first-order valence-corrected chi connectivity index (χ1v) is 10.6. The summed E-state index contributed by atoms with van der Waals surface area (Å²) >= 11 is 0. The van der Waals surface area contributed by atoms with E-state index in [1.54, 1.807) is 0 Å². The summed E-state index contributed by atoms with van der Waals surface area (Å²) in [5.41, 5.74) is 1.54. The summed E-state index contributed by atoms with van der Waals surface area (Å²) in [6.45, 7) is 7.02. The third-order valence-electron chi connectivity index (χ3n) is 8.91. The van der Waals surface area contributed by atoms with Crippen LogP contribution in [-0.4, -0.2) is 23.5 Å². The first kappa shape index (κ1) is 17.1. The van der Waals surface area contributed by atoms with Crippen LogP contribution in [0.2, 0.25) is 0 Å². The first-order valence-electron chi connectivity index (χ1n) is 10.6. The van der Waals surface area contributed by atoms with Crippen LogP contribution < -0.4 is 0 Å². The number of nitrogens with zero attached hydrogens (tertiary/aromatic N) is 1. The first-order chi connectivity index (χ1) is 11.4. The maximum absolute atomic E-state index is 10.5. The van der Waals surface area contributed by atoms with Crippen LogP contribution in [-0.2, 0) is 0 Å². The minimum absolute atomic E-state index is 0.390. The van der Waals surface area contributed by atoms with Gasteiger partial charge in [-0.25, -0.2) is 0 Å². The van der Waals surface area contributed by atoms with E-state index in [-0.39, 0.29) is 0 Å². The van der Waals surface area contributed by atoms with Crippen LogP contribution in [0.4, 0.5) is 0 Å². The predicted octanol–water partition coefficient (Wildman–Crippen LogP) is 5.10. The van der Waals surface area contributed by atoms with E-state index in [0.29, 0.717) is 5.41 Å². The Morgan fingerprint density at radius 3 is 2.50 bits per heavy atom. The van der Waals surface area contributed by atoms with E-state index in [0.717, 1.165) is 48.3 Å². The van der Waals surface area contributed by atoms with E-state index in [2.05, 4.69) is 20.8 Å². The smallest absolute Gasteiger partial charge is 0.0622 e. The van der Waals surface area contributed by atoms with Gasteiger partial charge in [0.2, 0.25) is 0 Å². The Morgan fingerprint density at radius 1 is 1.04 bits per heavy atom. The van der Waals surface area contributed by atoms with Crippen LogP contribution in [0, 0.1) is 40.9 Å². The summed E-state index contributed by atoms with van der Waals surface area (Å²) < 4.78 is 0. The van der Waals surface area contributed by atoms with Crippen molar-refractivity contribution in [2.75, 3.05) is 7.05 Å². The largest absolute Gasteiger partial charge is 0.390 e. The molecular weight excluding hydrogens is 294 g/mol. The Morgan fingerprint density at radius 2 is 1.79 bits per heavy atom. The zero-order valence-electron chi connectivity index (χ0n) is 16.2. The van der Waals surface area contributed by atoms with Crippen molar-refractivity contribution in [1.29, 1.82) is 0 Å². The number of aliphatic imine (C=N–C) groups is 1. The standard InChI is InChI=1S/C22H37NO/c1-5-14-12-19(23-4)22(3)11-9-17-16-8-10-21(2,24)13-15(16)6-7-18(17)20(14)22/h14-18,20,24H,5-13H2,1-4H3/b23-19+/t14-,15-,16+,17-,18-,20+,21-,22-/m1/s1. The topological polar surface area (TPSA) is 32.6 Å². The molecule has 0 spiro atoms. The van der Waals surface area contributed by atoms with E-state index in [9.17, 15) is 5.11 Å². The van der Waals surface area contributed by atoms with Crippen LogP contribution in [0.15, 0.2) is 4.99 Å². The fourth-order valence-electron chi connectivity index (χ4n) is 7.89. The van der Waals surface area contributed by atoms with Gasteiger partial charge in [-0.3, -0.25) is 4.99 Å². The molecule has 0 aromatic carbocycles. The number of fused-ring (bicyclic) bond motifs is 5. The molecule has 0 aromatic heterocycles. The molecule has 24 heavy (non-hydrogen) atoms. The maximum Gasteiger partial charge on any atom is 0.0622 e. The minimum atomic E-state index is -0.390. The summed E-state index contributed by atoms with van der Waals surface area (Å²) in [5, 5.41) is 10.5. The SMILES string of the molecule is CC[C@@H]1C/C(=N\C)[C@@]2(C)CC[C@H]3[C@@H](CC[C@@H]4C[C@](C)(O)CC[C@@H]43)[C@H]12. The fraction of sp³-hybridized carbons (Fsp3) is 0.955. The van der Waals surface area contributed by atoms with Crippen molar-refractivity contribution in [1.82, 2.24) is 0 Å². The van der Waals surface area contributed by atoms with Gasteiger partial charge >= 0.3 is 0 Å².